The highest BCUT2D eigenvalue weighted by Gasteiger charge is 2.19. The van der Waals surface area contributed by atoms with Gasteiger partial charge in [0.05, 0.1) is 0 Å². The van der Waals surface area contributed by atoms with Crippen LogP contribution in [0.25, 0.3) is 5.69 Å². The lowest BCUT2D eigenvalue weighted by atomic mass is 9.85. The first-order chi connectivity index (χ1) is 9.25. The van der Waals surface area contributed by atoms with E-state index in [2.05, 4.69) is 0 Å². The lowest BCUT2D eigenvalue weighted by Gasteiger charge is -2.25. The number of hydrogen-bond acceptors (Lipinski definition) is 2. The number of rotatable bonds is 3. The third-order valence-corrected chi connectivity index (χ3v) is 3.77. The smallest absolute Gasteiger partial charge is 0.309 e. The summed E-state index contributed by atoms with van der Waals surface area (Å²) in [6.07, 6.45) is 6.95. The van der Waals surface area contributed by atoms with Crippen LogP contribution in [-0.4, -0.2) is 9.13 Å². The highest BCUT2D eigenvalue weighted by atomic mass is 16.2. The molecule has 1 aliphatic carbocycles. The van der Waals surface area contributed by atoms with Gasteiger partial charge in [-0.15, -0.1) is 0 Å². The largest absolute Gasteiger partial charge is 0.320 e. The Morgan fingerprint density at radius 2 is 1.74 bits per heavy atom. The van der Waals surface area contributed by atoms with Crippen LogP contribution in [0.3, 0.4) is 0 Å². The third kappa shape index (κ3) is 2.26. The predicted octanol–water partition coefficient (Wildman–Crippen LogP) is 1.80. The molecule has 0 unspecified atom stereocenters. The number of aromatic nitrogens is 2. The van der Waals surface area contributed by atoms with Crippen molar-refractivity contribution in [1.29, 1.82) is 0 Å². The number of para-hydroxylation sites is 1. The van der Waals surface area contributed by atoms with Crippen LogP contribution >= 0.6 is 0 Å². The standard InChI is InChI=1S/C15H16N2O2/c18-14-15(19)17(13-7-2-1-3-8-13)10-9-16(14)11-12-5-4-6-12/h1-3,7-10,12H,4-6,11H2. The summed E-state index contributed by atoms with van der Waals surface area (Å²) in [4.78, 5) is 24.2. The molecule has 19 heavy (non-hydrogen) atoms. The number of hydrogen-bond donors (Lipinski definition) is 0. The topological polar surface area (TPSA) is 44.0 Å². The van der Waals surface area contributed by atoms with E-state index in [4.69, 9.17) is 0 Å². The summed E-state index contributed by atoms with van der Waals surface area (Å²) in [7, 11) is 0. The molecule has 1 heterocycles. The first-order valence-corrected chi connectivity index (χ1v) is 6.63. The summed E-state index contributed by atoms with van der Waals surface area (Å²) in [5, 5.41) is 0. The Morgan fingerprint density at radius 1 is 1.00 bits per heavy atom. The molecule has 0 N–H and O–H groups in total. The van der Waals surface area contributed by atoms with Gasteiger partial charge in [0.2, 0.25) is 0 Å². The van der Waals surface area contributed by atoms with E-state index in [1.165, 1.54) is 11.0 Å². The first-order valence-electron chi connectivity index (χ1n) is 6.63. The minimum Gasteiger partial charge on any atom is -0.309 e. The fraction of sp³-hybridized carbons (Fsp3) is 0.333. The SMILES string of the molecule is O=c1c(=O)n(-c2ccccc2)ccn1CC1CCC1. The average molecular weight is 256 g/mol. The van der Waals surface area contributed by atoms with Crippen LogP contribution in [-0.2, 0) is 6.54 Å². The molecule has 2 aromatic rings. The van der Waals surface area contributed by atoms with E-state index in [0.29, 0.717) is 12.5 Å². The van der Waals surface area contributed by atoms with Crippen molar-refractivity contribution in [3.63, 3.8) is 0 Å². The van der Waals surface area contributed by atoms with Gasteiger partial charge in [-0.2, -0.15) is 0 Å². The van der Waals surface area contributed by atoms with Crippen LogP contribution < -0.4 is 11.1 Å². The van der Waals surface area contributed by atoms with Gasteiger partial charge in [0.25, 0.3) is 0 Å². The molecule has 4 heteroatoms. The Labute approximate surface area is 110 Å². The Morgan fingerprint density at radius 3 is 2.37 bits per heavy atom. The monoisotopic (exact) mass is 256 g/mol. The maximum atomic E-state index is 12.1. The summed E-state index contributed by atoms with van der Waals surface area (Å²) in [6, 6.07) is 9.21. The lowest BCUT2D eigenvalue weighted by Crippen LogP contribution is -2.41. The van der Waals surface area contributed by atoms with E-state index < -0.39 is 11.1 Å². The average Bonchev–Trinajstić information content (AvgIpc) is 2.39. The normalized spacial score (nSPS) is 15.2. The molecule has 4 nitrogen and oxygen atoms in total. The molecule has 1 fully saturated rings. The van der Waals surface area contributed by atoms with Gasteiger partial charge in [-0.05, 0) is 30.9 Å². The molecule has 98 valence electrons. The Bertz CT molecular complexity index is 681. The Hall–Kier alpha value is -2.10. The second-order valence-corrected chi connectivity index (χ2v) is 5.06. The van der Waals surface area contributed by atoms with Gasteiger partial charge in [0, 0.05) is 24.6 Å². The molecule has 0 aliphatic heterocycles. The summed E-state index contributed by atoms with van der Waals surface area (Å²) in [5.74, 6) is 0.560. The molecular formula is C15H16N2O2. The molecule has 1 aromatic heterocycles. The zero-order valence-electron chi connectivity index (χ0n) is 10.7. The van der Waals surface area contributed by atoms with Crippen molar-refractivity contribution in [2.24, 2.45) is 5.92 Å². The molecule has 1 aromatic carbocycles. The molecule has 0 bridgehead atoms. The van der Waals surface area contributed by atoms with Gasteiger partial charge >= 0.3 is 11.1 Å². The fourth-order valence-electron chi connectivity index (χ4n) is 2.40. The second kappa shape index (κ2) is 4.88. The first kappa shape index (κ1) is 12.0. The minimum absolute atomic E-state index is 0.432. The lowest BCUT2D eigenvalue weighted by molar-refractivity contribution is 0.272. The van der Waals surface area contributed by atoms with E-state index in [1.807, 2.05) is 30.3 Å². The molecule has 1 aliphatic rings. The fourth-order valence-corrected chi connectivity index (χ4v) is 2.40. The van der Waals surface area contributed by atoms with Crippen molar-refractivity contribution in [3.05, 3.63) is 63.4 Å². The van der Waals surface area contributed by atoms with Crippen LogP contribution in [0, 0.1) is 5.92 Å². The van der Waals surface area contributed by atoms with Gasteiger partial charge < -0.3 is 4.57 Å². The van der Waals surface area contributed by atoms with E-state index in [-0.39, 0.29) is 0 Å². The third-order valence-electron chi connectivity index (χ3n) is 3.77. The maximum Gasteiger partial charge on any atom is 0.320 e. The maximum absolute atomic E-state index is 12.1. The number of benzene rings is 1. The van der Waals surface area contributed by atoms with E-state index in [9.17, 15) is 9.59 Å². The number of nitrogens with zero attached hydrogens (tertiary/aromatic N) is 2. The van der Waals surface area contributed by atoms with E-state index in [0.717, 1.165) is 18.5 Å². The van der Waals surface area contributed by atoms with Crippen molar-refractivity contribution >= 4 is 0 Å². The van der Waals surface area contributed by atoms with Gasteiger partial charge in [0.1, 0.15) is 0 Å². The van der Waals surface area contributed by atoms with Crippen molar-refractivity contribution in [3.8, 4) is 5.69 Å². The van der Waals surface area contributed by atoms with Gasteiger partial charge in [-0.1, -0.05) is 24.6 Å². The van der Waals surface area contributed by atoms with Crippen LogP contribution in [0.2, 0.25) is 0 Å². The molecule has 0 spiro atoms. The zero-order valence-corrected chi connectivity index (χ0v) is 10.7. The van der Waals surface area contributed by atoms with Crippen LogP contribution in [0.4, 0.5) is 0 Å². The van der Waals surface area contributed by atoms with Gasteiger partial charge in [0.15, 0.2) is 0 Å². The molecule has 3 rings (SSSR count). The van der Waals surface area contributed by atoms with Gasteiger partial charge in [-0.25, -0.2) is 0 Å². The summed E-state index contributed by atoms with van der Waals surface area (Å²) in [5.41, 5.74) is -0.188. The van der Waals surface area contributed by atoms with Crippen LogP contribution in [0.1, 0.15) is 19.3 Å². The summed E-state index contributed by atoms with van der Waals surface area (Å²) >= 11 is 0. The summed E-state index contributed by atoms with van der Waals surface area (Å²) in [6.45, 7) is 0.670. The summed E-state index contributed by atoms with van der Waals surface area (Å²) < 4.78 is 2.95. The molecular weight excluding hydrogens is 240 g/mol. The van der Waals surface area contributed by atoms with E-state index >= 15 is 0 Å². The van der Waals surface area contributed by atoms with Crippen molar-refractivity contribution in [2.45, 2.75) is 25.8 Å². The predicted molar refractivity (Wildman–Crippen MR) is 73.6 cm³/mol. The van der Waals surface area contributed by atoms with Crippen molar-refractivity contribution < 1.29 is 0 Å². The highest BCUT2D eigenvalue weighted by molar-refractivity contribution is 5.30. The minimum atomic E-state index is -0.479. The molecule has 1 saturated carbocycles. The van der Waals surface area contributed by atoms with Crippen molar-refractivity contribution in [1.82, 2.24) is 9.13 Å². The molecule has 0 amide bonds. The zero-order chi connectivity index (χ0) is 13.2. The quantitative estimate of drug-likeness (QED) is 0.786. The van der Waals surface area contributed by atoms with Gasteiger partial charge in [-0.3, -0.25) is 14.2 Å². The van der Waals surface area contributed by atoms with E-state index in [1.54, 1.807) is 17.0 Å². The van der Waals surface area contributed by atoms with Crippen molar-refractivity contribution in [2.75, 3.05) is 0 Å². The second-order valence-electron chi connectivity index (χ2n) is 5.06. The molecule has 0 saturated heterocycles. The molecule has 0 atom stereocenters. The Balaban J connectivity index is 1.99. The highest BCUT2D eigenvalue weighted by Crippen LogP contribution is 2.27. The van der Waals surface area contributed by atoms with Crippen LogP contribution in [0.5, 0.6) is 0 Å². The van der Waals surface area contributed by atoms with Crippen LogP contribution in [0.15, 0.2) is 52.3 Å². The molecule has 0 radical (unpaired) electrons. The Kier molecular flexibility index (Phi) is 3.07.